The van der Waals surface area contributed by atoms with Gasteiger partial charge in [-0.1, -0.05) is 0 Å². The zero-order valence-electron chi connectivity index (χ0n) is 10.6. The second kappa shape index (κ2) is 4.49. The average molecular weight is 228 g/mol. The highest BCUT2D eigenvalue weighted by Crippen LogP contribution is 2.24. The van der Waals surface area contributed by atoms with Crippen LogP contribution in [0.1, 0.15) is 17.1 Å². The maximum absolute atomic E-state index is 4.58. The number of nitrogens with one attached hydrogen (secondary N) is 1. The van der Waals surface area contributed by atoms with Crippen molar-refractivity contribution in [1.82, 2.24) is 15.0 Å². The molecule has 2 rings (SSSR count). The topological polar surface area (TPSA) is 50.7 Å². The Labute approximate surface area is 101 Å². The number of pyridine rings is 1. The van der Waals surface area contributed by atoms with Crippen LogP contribution < -0.4 is 5.32 Å². The van der Waals surface area contributed by atoms with Crippen LogP contribution in [-0.2, 0) is 0 Å². The highest BCUT2D eigenvalue weighted by Gasteiger charge is 2.10. The van der Waals surface area contributed by atoms with E-state index in [1.165, 1.54) is 0 Å². The first-order valence-electron chi connectivity index (χ1n) is 5.58. The summed E-state index contributed by atoms with van der Waals surface area (Å²) >= 11 is 0. The molecule has 0 radical (unpaired) electrons. The molecule has 0 saturated heterocycles. The summed E-state index contributed by atoms with van der Waals surface area (Å²) in [6.07, 6.45) is 1.83. The molecule has 1 N–H and O–H groups in total. The minimum atomic E-state index is 0.791. The third kappa shape index (κ3) is 2.25. The smallest absolute Gasteiger partial charge is 0.152 e. The Bertz CT molecular complexity index is 532. The fourth-order valence-electron chi connectivity index (χ4n) is 1.59. The third-order valence-corrected chi connectivity index (χ3v) is 2.73. The van der Waals surface area contributed by atoms with Gasteiger partial charge in [0.15, 0.2) is 5.82 Å². The van der Waals surface area contributed by atoms with E-state index in [1.807, 2.05) is 46.1 Å². The van der Waals surface area contributed by atoms with Crippen molar-refractivity contribution in [2.75, 3.05) is 12.4 Å². The monoisotopic (exact) mass is 228 g/mol. The van der Waals surface area contributed by atoms with E-state index >= 15 is 0 Å². The molecule has 88 valence electrons. The van der Waals surface area contributed by atoms with Crippen LogP contribution in [0.25, 0.3) is 11.3 Å². The number of rotatable bonds is 2. The lowest BCUT2D eigenvalue weighted by Crippen LogP contribution is -2.03. The van der Waals surface area contributed by atoms with Gasteiger partial charge in [-0.25, -0.2) is 9.97 Å². The summed E-state index contributed by atoms with van der Waals surface area (Å²) in [6.45, 7) is 5.89. The van der Waals surface area contributed by atoms with Crippen LogP contribution >= 0.6 is 0 Å². The van der Waals surface area contributed by atoms with Gasteiger partial charge in [-0.15, -0.1) is 0 Å². The second-order valence-electron chi connectivity index (χ2n) is 4.03. The van der Waals surface area contributed by atoms with Gasteiger partial charge < -0.3 is 5.32 Å². The van der Waals surface area contributed by atoms with Crippen LogP contribution in [0.15, 0.2) is 18.3 Å². The van der Waals surface area contributed by atoms with Crippen molar-refractivity contribution < 1.29 is 0 Å². The molecule has 4 nitrogen and oxygen atoms in total. The Kier molecular flexibility index (Phi) is 3.04. The van der Waals surface area contributed by atoms with Crippen LogP contribution in [0.3, 0.4) is 0 Å². The van der Waals surface area contributed by atoms with Crippen LogP contribution in [0.2, 0.25) is 0 Å². The number of nitrogens with zero attached hydrogens (tertiary/aromatic N) is 3. The molecule has 0 aromatic carbocycles. The van der Waals surface area contributed by atoms with Crippen LogP contribution in [0.4, 0.5) is 5.82 Å². The van der Waals surface area contributed by atoms with Gasteiger partial charge in [-0.05, 0) is 32.9 Å². The average Bonchev–Trinajstić information content (AvgIpc) is 2.33. The molecule has 2 aromatic rings. The number of hydrogen-bond donors (Lipinski definition) is 1. The lowest BCUT2D eigenvalue weighted by Gasteiger charge is -2.10. The van der Waals surface area contributed by atoms with E-state index in [4.69, 9.17) is 0 Å². The van der Waals surface area contributed by atoms with Crippen molar-refractivity contribution in [1.29, 1.82) is 0 Å². The molecule has 0 spiro atoms. The summed E-state index contributed by atoms with van der Waals surface area (Å²) in [7, 11) is 1.85. The predicted molar refractivity (Wildman–Crippen MR) is 69.0 cm³/mol. The van der Waals surface area contributed by atoms with Gasteiger partial charge in [0.1, 0.15) is 5.69 Å². The molecule has 0 aliphatic heterocycles. The van der Waals surface area contributed by atoms with Gasteiger partial charge in [0, 0.05) is 24.5 Å². The Morgan fingerprint density at radius 1 is 1.00 bits per heavy atom. The van der Waals surface area contributed by atoms with Gasteiger partial charge in [0.25, 0.3) is 0 Å². The Balaban J connectivity index is 2.57. The first kappa shape index (κ1) is 11.5. The van der Waals surface area contributed by atoms with Gasteiger partial charge >= 0.3 is 0 Å². The molecule has 0 atom stereocenters. The van der Waals surface area contributed by atoms with Crippen molar-refractivity contribution >= 4 is 5.82 Å². The molecule has 0 saturated carbocycles. The highest BCUT2D eigenvalue weighted by atomic mass is 15.0. The Morgan fingerprint density at radius 3 is 2.29 bits per heavy atom. The molecule has 0 amide bonds. The van der Waals surface area contributed by atoms with E-state index in [-0.39, 0.29) is 0 Å². The molecule has 2 aromatic heterocycles. The second-order valence-corrected chi connectivity index (χ2v) is 4.03. The molecule has 17 heavy (non-hydrogen) atoms. The Hall–Kier alpha value is -1.97. The van der Waals surface area contributed by atoms with E-state index < -0.39 is 0 Å². The van der Waals surface area contributed by atoms with E-state index in [1.54, 1.807) is 0 Å². The molecule has 0 unspecified atom stereocenters. The third-order valence-electron chi connectivity index (χ3n) is 2.73. The summed E-state index contributed by atoms with van der Waals surface area (Å²) in [6, 6.07) is 3.99. The van der Waals surface area contributed by atoms with Crippen LogP contribution in [-0.4, -0.2) is 22.0 Å². The molecular formula is C13H16N4. The molecule has 0 aliphatic carbocycles. The minimum absolute atomic E-state index is 0.791. The predicted octanol–water partition coefficient (Wildman–Crippen LogP) is 2.51. The van der Waals surface area contributed by atoms with Gasteiger partial charge in [0.2, 0.25) is 0 Å². The Morgan fingerprint density at radius 2 is 1.71 bits per heavy atom. The van der Waals surface area contributed by atoms with Gasteiger partial charge in [0.05, 0.1) is 11.4 Å². The van der Waals surface area contributed by atoms with Crippen molar-refractivity contribution in [3.05, 3.63) is 35.4 Å². The highest BCUT2D eigenvalue weighted by molar-refractivity contribution is 5.70. The number of aromatic nitrogens is 3. The zero-order valence-corrected chi connectivity index (χ0v) is 10.6. The molecule has 2 heterocycles. The fourth-order valence-corrected chi connectivity index (χ4v) is 1.59. The van der Waals surface area contributed by atoms with E-state index in [9.17, 15) is 0 Å². The fraction of sp³-hybridized carbons (Fsp3) is 0.308. The summed E-state index contributed by atoms with van der Waals surface area (Å²) in [5.74, 6) is 0.791. The van der Waals surface area contributed by atoms with Gasteiger partial charge in [-0.3, -0.25) is 4.98 Å². The quantitative estimate of drug-likeness (QED) is 0.858. The summed E-state index contributed by atoms with van der Waals surface area (Å²) in [5, 5.41) is 3.08. The van der Waals surface area contributed by atoms with E-state index in [2.05, 4.69) is 20.3 Å². The van der Waals surface area contributed by atoms with Crippen molar-refractivity contribution in [2.24, 2.45) is 0 Å². The number of anilines is 1. The van der Waals surface area contributed by atoms with Crippen molar-refractivity contribution in [3.8, 4) is 11.3 Å². The lowest BCUT2D eigenvalue weighted by atomic mass is 10.1. The SMILES string of the molecule is CNc1nc(C)c(C)nc1-c1ccc(C)nc1. The van der Waals surface area contributed by atoms with E-state index in [0.717, 1.165) is 34.2 Å². The molecule has 0 bridgehead atoms. The molecule has 0 aliphatic rings. The first-order chi connectivity index (χ1) is 8.11. The summed E-state index contributed by atoms with van der Waals surface area (Å²) < 4.78 is 0. The first-order valence-corrected chi connectivity index (χ1v) is 5.58. The normalized spacial score (nSPS) is 10.4. The van der Waals surface area contributed by atoms with Crippen molar-refractivity contribution in [2.45, 2.75) is 20.8 Å². The van der Waals surface area contributed by atoms with Crippen LogP contribution in [0.5, 0.6) is 0 Å². The molecular weight excluding hydrogens is 212 g/mol. The number of hydrogen-bond acceptors (Lipinski definition) is 4. The summed E-state index contributed by atoms with van der Waals surface area (Å²) in [4.78, 5) is 13.4. The standard InChI is InChI=1S/C13H16N4/c1-8-5-6-11(7-15-8)12-13(14-4)17-10(3)9(2)16-12/h5-7H,1-4H3,(H,14,17). The van der Waals surface area contributed by atoms with Crippen LogP contribution in [0, 0.1) is 20.8 Å². The van der Waals surface area contributed by atoms with Gasteiger partial charge in [-0.2, -0.15) is 0 Å². The maximum Gasteiger partial charge on any atom is 0.152 e. The molecule has 0 fully saturated rings. The zero-order chi connectivity index (χ0) is 12.4. The minimum Gasteiger partial charge on any atom is -0.371 e. The lowest BCUT2D eigenvalue weighted by molar-refractivity contribution is 1.05. The van der Waals surface area contributed by atoms with Crippen molar-refractivity contribution in [3.63, 3.8) is 0 Å². The summed E-state index contributed by atoms with van der Waals surface area (Å²) in [5.41, 5.74) is 4.72. The largest absolute Gasteiger partial charge is 0.371 e. The maximum atomic E-state index is 4.58. The van der Waals surface area contributed by atoms with E-state index in [0.29, 0.717) is 0 Å². The molecule has 4 heteroatoms. The number of aryl methyl sites for hydroxylation is 3.